The first-order chi connectivity index (χ1) is 9.04. The molecule has 0 rings (SSSR count). The standard InChI is InChI=1S/C14H20O5/c1-5-11(2)12(19-14(16)18-4)9-7-6-8-10-13(15)17-3/h5,8,10,12H,1-2,6-7,9H2,3-4H3/b10-8+. The molecule has 0 aromatic carbocycles. The number of ether oxygens (including phenoxy) is 3. The molecule has 0 fully saturated rings. The molecule has 0 aromatic rings. The van der Waals surface area contributed by atoms with Gasteiger partial charge in [0.2, 0.25) is 0 Å². The number of carbonyl (C=O) groups is 2. The van der Waals surface area contributed by atoms with E-state index in [9.17, 15) is 9.59 Å². The maximum absolute atomic E-state index is 11.1. The third-order valence-corrected chi connectivity index (χ3v) is 2.37. The fraction of sp³-hybridized carbons (Fsp3) is 0.429. The van der Waals surface area contributed by atoms with Crippen molar-refractivity contribution in [3.05, 3.63) is 37.0 Å². The number of esters is 1. The molecule has 0 saturated carbocycles. The number of unbranched alkanes of at least 4 members (excludes halogenated alkanes) is 1. The Labute approximate surface area is 113 Å². The van der Waals surface area contributed by atoms with Crippen molar-refractivity contribution < 1.29 is 23.8 Å². The molecule has 5 nitrogen and oxygen atoms in total. The summed E-state index contributed by atoms with van der Waals surface area (Å²) in [5.74, 6) is -0.391. The summed E-state index contributed by atoms with van der Waals surface area (Å²) >= 11 is 0. The van der Waals surface area contributed by atoms with Crippen LogP contribution in [0.15, 0.2) is 37.0 Å². The van der Waals surface area contributed by atoms with Crippen LogP contribution in [0.1, 0.15) is 19.3 Å². The van der Waals surface area contributed by atoms with Crippen molar-refractivity contribution in [2.75, 3.05) is 14.2 Å². The van der Waals surface area contributed by atoms with Crippen LogP contribution in [0.5, 0.6) is 0 Å². The summed E-state index contributed by atoms with van der Waals surface area (Å²) in [6.45, 7) is 7.34. The topological polar surface area (TPSA) is 61.8 Å². The molecule has 0 heterocycles. The molecular formula is C14H20O5. The highest BCUT2D eigenvalue weighted by atomic mass is 16.7. The second-order valence-electron chi connectivity index (χ2n) is 3.70. The molecule has 0 N–H and O–H groups in total. The Morgan fingerprint density at radius 3 is 2.47 bits per heavy atom. The van der Waals surface area contributed by atoms with Gasteiger partial charge in [0, 0.05) is 6.08 Å². The molecule has 5 heteroatoms. The predicted octanol–water partition coefficient (Wildman–Crippen LogP) is 2.78. The number of hydrogen-bond donors (Lipinski definition) is 0. The molecule has 0 aromatic heterocycles. The molecule has 0 bridgehead atoms. The van der Waals surface area contributed by atoms with Crippen LogP contribution in [0.25, 0.3) is 0 Å². The number of hydrogen-bond acceptors (Lipinski definition) is 5. The zero-order valence-electron chi connectivity index (χ0n) is 11.4. The largest absolute Gasteiger partial charge is 0.508 e. The molecule has 0 amide bonds. The number of rotatable bonds is 8. The minimum absolute atomic E-state index is 0.391. The maximum Gasteiger partial charge on any atom is 0.508 e. The quantitative estimate of drug-likeness (QED) is 0.293. The Kier molecular flexibility index (Phi) is 8.87. The van der Waals surface area contributed by atoms with Crippen molar-refractivity contribution in [1.82, 2.24) is 0 Å². The third kappa shape index (κ3) is 7.81. The van der Waals surface area contributed by atoms with Crippen LogP contribution in [0, 0.1) is 0 Å². The predicted molar refractivity (Wildman–Crippen MR) is 71.6 cm³/mol. The monoisotopic (exact) mass is 268 g/mol. The average Bonchev–Trinajstić information content (AvgIpc) is 2.43. The lowest BCUT2D eigenvalue weighted by Crippen LogP contribution is -2.19. The minimum Gasteiger partial charge on any atom is -0.466 e. The van der Waals surface area contributed by atoms with E-state index >= 15 is 0 Å². The van der Waals surface area contributed by atoms with Crippen molar-refractivity contribution in [3.8, 4) is 0 Å². The Morgan fingerprint density at radius 2 is 1.95 bits per heavy atom. The van der Waals surface area contributed by atoms with E-state index in [4.69, 9.17) is 4.74 Å². The van der Waals surface area contributed by atoms with E-state index in [0.717, 1.165) is 6.42 Å². The van der Waals surface area contributed by atoms with Gasteiger partial charge in [-0.3, -0.25) is 0 Å². The Bertz CT molecular complexity index is 357. The molecule has 106 valence electrons. The van der Waals surface area contributed by atoms with Gasteiger partial charge in [0.1, 0.15) is 6.10 Å². The molecule has 0 spiro atoms. The second kappa shape index (κ2) is 9.94. The van der Waals surface area contributed by atoms with Gasteiger partial charge in [0.15, 0.2) is 0 Å². The van der Waals surface area contributed by atoms with E-state index < -0.39 is 18.2 Å². The number of methoxy groups -OCH3 is 2. The van der Waals surface area contributed by atoms with Crippen LogP contribution >= 0.6 is 0 Å². The zero-order chi connectivity index (χ0) is 14.7. The molecule has 0 radical (unpaired) electrons. The van der Waals surface area contributed by atoms with E-state index in [-0.39, 0.29) is 0 Å². The summed E-state index contributed by atoms with van der Waals surface area (Å²) < 4.78 is 14.0. The van der Waals surface area contributed by atoms with E-state index in [1.54, 1.807) is 6.08 Å². The Morgan fingerprint density at radius 1 is 1.26 bits per heavy atom. The van der Waals surface area contributed by atoms with Gasteiger partial charge in [-0.25, -0.2) is 9.59 Å². The van der Waals surface area contributed by atoms with Gasteiger partial charge in [-0.05, 0) is 24.8 Å². The maximum atomic E-state index is 11.1. The van der Waals surface area contributed by atoms with Crippen molar-refractivity contribution in [2.45, 2.75) is 25.4 Å². The fourth-order valence-electron chi connectivity index (χ4n) is 1.28. The third-order valence-electron chi connectivity index (χ3n) is 2.37. The van der Waals surface area contributed by atoms with Gasteiger partial charge in [0.25, 0.3) is 0 Å². The fourth-order valence-corrected chi connectivity index (χ4v) is 1.28. The van der Waals surface area contributed by atoms with Crippen LogP contribution in [0.3, 0.4) is 0 Å². The SMILES string of the molecule is C=CC(=C)C(CCC/C=C/C(=O)OC)OC(=O)OC. The van der Waals surface area contributed by atoms with Gasteiger partial charge < -0.3 is 14.2 Å². The average molecular weight is 268 g/mol. The van der Waals surface area contributed by atoms with Gasteiger partial charge in [0.05, 0.1) is 14.2 Å². The van der Waals surface area contributed by atoms with E-state index in [1.807, 2.05) is 0 Å². The molecule has 1 unspecified atom stereocenters. The van der Waals surface area contributed by atoms with Gasteiger partial charge in [-0.2, -0.15) is 0 Å². The Balaban J connectivity index is 4.16. The molecule has 0 aliphatic carbocycles. The van der Waals surface area contributed by atoms with Crippen molar-refractivity contribution >= 4 is 12.1 Å². The summed E-state index contributed by atoms with van der Waals surface area (Å²) in [6, 6.07) is 0. The van der Waals surface area contributed by atoms with Crippen molar-refractivity contribution in [3.63, 3.8) is 0 Å². The Hall–Kier alpha value is -2.04. The molecule has 0 aliphatic heterocycles. The van der Waals surface area contributed by atoms with Gasteiger partial charge in [-0.1, -0.05) is 25.3 Å². The summed E-state index contributed by atoms with van der Waals surface area (Å²) in [6.07, 6.45) is 5.36. The van der Waals surface area contributed by atoms with Crippen molar-refractivity contribution in [1.29, 1.82) is 0 Å². The first kappa shape index (κ1) is 17.0. The number of allylic oxidation sites excluding steroid dienone is 1. The first-order valence-corrected chi connectivity index (χ1v) is 5.85. The van der Waals surface area contributed by atoms with E-state index in [1.165, 1.54) is 26.4 Å². The first-order valence-electron chi connectivity index (χ1n) is 5.85. The van der Waals surface area contributed by atoms with Crippen LogP contribution < -0.4 is 0 Å². The minimum atomic E-state index is -0.752. The van der Waals surface area contributed by atoms with Crippen LogP contribution in [0.2, 0.25) is 0 Å². The highest BCUT2D eigenvalue weighted by molar-refractivity contribution is 5.81. The summed E-state index contributed by atoms with van der Waals surface area (Å²) in [7, 11) is 2.57. The number of carbonyl (C=O) groups excluding carboxylic acids is 2. The smallest absolute Gasteiger partial charge is 0.466 e. The lowest BCUT2D eigenvalue weighted by atomic mass is 10.1. The summed E-state index contributed by atoms with van der Waals surface area (Å²) in [5.41, 5.74) is 0.613. The highest BCUT2D eigenvalue weighted by Gasteiger charge is 2.15. The highest BCUT2D eigenvalue weighted by Crippen LogP contribution is 2.15. The lowest BCUT2D eigenvalue weighted by molar-refractivity contribution is -0.134. The summed E-state index contributed by atoms with van der Waals surface area (Å²) in [4.78, 5) is 21.9. The normalized spacial score (nSPS) is 11.7. The lowest BCUT2D eigenvalue weighted by Gasteiger charge is -2.16. The van der Waals surface area contributed by atoms with Crippen LogP contribution in [0.4, 0.5) is 4.79 Å². The van der Waals surface area contributed by atoms with E-state index in [2.05, 4.69) is 22.6 Å². The van der Waals surface area contributed by atoms with E-state index in [0.29, 0.717) is 18.4 Å². The van der Waals surface area contributed by atoms with Crippen molar-refractivity contribution in [2.24, 2.45) is 0 Å². The van der Waals surface area contributed by atoms with Crippen LogP contribution in [-0.2, 0) is 19.0 Å². The van der Waals surface area contributed by atoms with Crippen LogP contribution in [-0.4, -0.2) is 32.4 Å². The molecular weight excluding hydrogens is 248 g/mol. The zero-order valence-corrected chi connectivity index (χ0v) is 11.4. The summed E-state index contributed by atoms with van der Waals surface area (Å²) in [5, 5.41) is 0. The molecule has 19 heavy (non-hydrogen) atoms. The molecule has 0 saturated heterocycles. The second-order valence-corrected chi connectivity index (χ2v) is 3.70. The molecule has 0 aliphatic rings. The van der Waals surface area contributed by atoms with Gasteiger partial charge in [-0.15, -0.1) is 0 Å². The van der Waals surface area contributed by atoms with Gasteiger partial charge >= 0.3 is 12.1 Å². The molecule has 1 atom stereocenters.